The molecule has 0 saturated carbocycles. The molecule has 7 heteroatoms. The lowest BCUT2D eigenvalue weighted by atomic mass is 9.93. The molecule has 1 unspecified atom stereocenters. The monoisotopic (exact) mass is 409 g/mol. The summed E-state index contributed by atoms with van der Waals surface area (Å²) in [6, 6.07) is 11.4. The first-order valence-corrected chi connectivity index (χ1v) is 10.6. The highest BCUT2D eigenvalue weighted by Gasteiger charge is 2.42. The van der Waals surface area contributed by atoms with Gasteiger partial charge in [-0.2, -0.15) is 5.10 Å². The van der Waals surface area contributed by atoms with Crippen LogP contribution in [-0.2, 0) is 0 Å². The fourth-order valence-electron chi connectivity index (χ4n) is 4.11. The van der Waals surface area contributed by atoms with Crippen LogP contribution in [0.2, 0.25) is 0 Å². The van der Waals surface area contributed by atoms with Gasteiger partial charge in [0.25, 0.3) is 5.91 Å². The molecule has 1 atom stereocenters. The molecule has 6 nitrogen and oxygen atoms in total. The molecule has 2 heterocycles. The lowest BCUT2D eigenvalue weighted by Gasteiger charge is -2.26. The molecule has 0 fully saturated rings. The molecule has 3 aromatic rings. The maximum absolute atomic E-state index is 13.0. The number of thioether (sulfide) groups is 1. The molecule has 1 aromatic heterocycles. The van der Waals surface area contributed by atoms with Crippen molar-refractivity contribution in [2.24, 2.45) is 0 Å². The van der Waals surface area contributed by atoms with Crippen LogP contribution in [0.5, 0.6) is 5.75 Å². The van der Waals surface area contributed by atoms with Gasteiger partial charge in [-0.05, 0) is 55.0 Å². The number of phenols is 1. The van der Waals surface area contributed by atoms with Crippen LogP contribution in [0.1, 0.15) is 38.8 Å². The number of nitrogens with one attached hydrogen (secondary N) is 1. The second-order valence-corrected chi connectivity index (χ2v) is 8.11. The lowest BCUT2D eigenvalue weighted by molar-refractivity contribution is 0.0706. The van der Waals surface area contributed by atoms with Crippen molar-refractivity contribution in [1.29, 1.82) is 0 Å². The van der Waals surface area contributed by atoms with Crippen LogP contribution in [0.3, 0.4) is 0 Å². The van der Waals surface area contributed by atoms with Crippen molar-refractivity contribution in [2.75, 3.05) is 19.4 Å². The SMILES string of the molecule is CSc1ccc(C2c3c(-c4c(C)cc(C)cc4O)n[nH]c3C(=O)N2CCO)cc1. The van der Waals surface area contributed by atoms with Crippen LogP contribution in [0.15, 0.2) is 41.3 Å². The summed E-state index contributed by atoms with van der Waals surface area (Å²) in [4.78, 5) is 15.8. The van der Waals surface area contributed by atoms with Crippen LogP contribution in [0.4, 0.5) is 0 Å². The Morgan fingerprint density at radius 2 is 1.93 bits per heavy atom. The minimum Gasteiger partial charge on any atom is -0.507 e. The summed E-state index contributed by atoms with van der Waals surface area (Å²) in [5, 5.41) is 27.5. The van der Waals surface area contributed by atoms with Crippen molar-refractivity contribution < 1.29 is 15.0 Å². The molecule has 1 amide bonds. The van der Waals surface area contributed by atoms with Crippen LogP contribution >= 0.6 is 11.8 Å². The van der Waals surface area contributed by atoms with E-state index in [0.29, 0.717) is 17.0 Å². The number of hydrogen-bond acceptors (Lipinski definition) is 5. The fourth-order valence-corrected chi connectivity index (χ4v) is 4.52. The van der Waals surface area contributed by atoms with Gasteiger partial charge in [0.1, 0.15) is 17.1 Å². The van der Waals surface area contributed by atoms with Gasteiger partial charge in [0.2, 0.25) is 0 Å². The molecular weight excluding hydrogens is 386 g/mol. The van der Waals surface area contributed by atoms with Gasteiger partial charge < -0.3 is 15.1 Å². The van der Waals surface area contributed by atoms with E-state index < -0.39 is 0 Å². The number of carbonyl (C=O) groups excluding carboxylic acids is 1. The topological polar surface area (TPSA) is 89.5 Å². The van der Waals surface area contributed by atoms with E-state index in [0.717, 1.165) is 27.1 Å². The Balaban J connectivity index is 1.91. The van der Waals surface area contributed by atoms with E-state index in [4.69, 9.17) is 0 Å². The summed E-state index contributed by atoms with van der Waals surface area (Å²) in [6.07, 6.45) is 2.02. The number of hydrogen-bond donors (Lipinski definition) is 3. The lowest BCUT2D eigenvalue weighted by Crippen LogP contribution is -2.32. The number of aromatic hydroxyl groups is 1. The first-order valence-electron chi connectivity index (χ1n) is 9.40. The molecule has 150 valence electrons. The van der Waals surface area contributed by atoms with E-state index in [-0.39, 0.29) is 30.9 Å². The number of aromatic amines is 1. The van der Waals surface area contributed by atoms with Crippen LogP contribution < -0.4 is 0 Å². The van der Waals surface area contributed by atoms with Crippen molar-refractivity contribution in [3.63, 3.8) is 0 Å². The molecule has 3 N–H and O–H groups in total. The van der Waals surface area contributed by atoms with E-state index in [9.17, 15) is 15.0 Å². The average molecular weight is 410 g/mol. The number of aromatic nitrogens is 2. The highest BCUT2D eigenvalue weighted by Crippen LogP contribution is 2.45. The van der Waals surface area contributed by atoms with E-state index in [1.54, 1.807) is 22.7 Å². The predicted octanol–water partition coefficient (Wildman–Crippen LogP) is 3.66. The maximum Gasteiger partial charge on any atom is 0.273 e. The van der Waals surface area contributed by atoms with Gasteiger partial charge >= 0.3 is 0 Å². The summed E-state index contributed by atoms with van der Waals surface area (Å²) >= 11 is 1.65. The van der Waals surface area contributed by atoms with E-state index in [1.165, 1.54) is 0 Å². The average Bonchev–Trinajstić information content (AvgIpc) is 3.22. The number of H-pyrrole nitrogens is 1. The molecule has 0 aliphatic carbocycles. The second-order valence-electron chi connectivity index (χ2n) is 7.23. The van der Waals surface area contributed by atoms with Crippen molar-refractivity contribution in [3.05, 3.63) is 64.3 Å². The summed E-state index contributed by atoms with van der Waals surface area (Å²) in [5.41, 5.74) is 5.13. The summed E-state index contributed by atoms with van der Waals surface area (Å²) in [7, 11) is 0. The summed E-state index contributed by atoms with van der Waals surface area (Å²) in [5.74, 6) is -0.0580. The normalized spacial score (nSPS) is 15.8. The van der Waals surface area contributed by atoms with Crippen molar-refractivity contribution in [2.45, 2.75) is 24.8 Å². The molecule has 0 bridgehead atoms. The number of fused-ring (bicyclic) bond motifs is 1. The number of carbonyl (C=O) groups is 1. The highest BCUT2D eigenvalue weighted by molar-refractivity contribution is 7.98. The van der Waals surface area contributed by atoms with E-state index >= 15 is 0 Å². The Morgan fingerprint density at radius 1 is 1.21 bits per heavy atom. The Labute approximate surface area is 173 Å². The molecule has 1 aliphatic rings. The highest BCUT2D eigenvalue weighted by atomic mass is 32.2. The predicted molar refractivity (Wildman–Crippen MR) is 113 cm³/mol. The van der Waals surface area contributed by atoms with Gasteiger partial charge in [0, 0.05) is 22.6 Å². The number of aryl methyl sites for hydroxylation is 2. The number of aliphatic hydroxyl groups is 1. The number of phenolic OH excluding ortho intramolecular Hbond substituents is 1. The van der Waals surface area contributed by atoms with Gasteiger partial charge in [-0.25, -0.2) is 0 Å². The summed E-state index contributed by atoms with van der Waals surface area (Å²) in [6.45, 7) is 3.93. The van der Waals surface area contributed by atoms with Gasteiger partial charge in [-0.3, -0.25) is 9.89 Å². The third-order valence-electron chi connectivity index (χ3n) is 5.33. The molecule has 4 rings (SSSR count). The van der Waals surface area contributed by atoms with Gasteiger partial charge in [-0.1, -0.05) is 18.2 Å². The molecule has 29 heavy (non-hydrogen) atoms. The zero-order chi connectivity index (χ0) is 20.7. The maximum atomic E-state index is 13.0. The first kappa shape index (κ1) is 19.5. The third-order valence-corrected chi connectivity index (χ3v) is 6.08. The fraction of sp³-hybridized carbons (Fsp3) is 0.273. The molecule has 0 spiro atoms. The number of amides is 1. The van der Waals surface area contributed by atoms with Crippen molar-refractivity contribution in [3.8, 4) is 17.0 Å². The number of benzene rings is 2. The molecule has 2 aromatic carbocycles. The molecular formula is C22H23N3O3S. The van der Waals surface area contributed by atoms with Crippen molar-refractivity contribution >= 4 is 17.7 Å². The Morgan fingerprint density at radius 3 is 2.55 bits per heavy atom. The standard InChI is InChI=1S/C22H23N3O3S/c1-12-10-13(2)17(16(27)11-12)19-18-20(24-23-19)22(28)25(8-9-26)21(18)14-4-6-15(29-3)7-5-14/h4-7,10-11,21,26-27H,8-9H2,1-3H3,(H,23,24). The Bertz CT molecular complexity index is 1050. The van der Waals surface area contributed by atoms with Crippen LogP contribution in [0, 0.1) is 13.8 Å². The van der Waals surface area contributed by atoms with Gasteiger partial charge in [-0.15, -0.1) is 11.8 Å². The minimum absolute atomic E-state index is 0.132. The number of aliphatic hydroxyl groups excluding tert-OH is 1. The smallest absolute Gasteiger partial charge is 0.273 e. The number of rotatable bonds is 5. The quantitative estimate of drug-likeness (QED) is 0.560. The minimum atomic E-state index is -0.380. The molecule has 0 radical (unpaired) electrons. The number of nitrogens with zero attached hydrogens (tertiary/aromatic N) is 2. The largest absolute Gasteiger partial charge is 0.507 e. The van der Waals surface area contributed by atoms with Crippen molar-refractivity contribution in [1.82, 2.24) is 15.1 Å². The molecule has 0 saturated heterocycles. The van der Waals surface area contributed by atoms with Crippen LogP contribution in [0.25, 0.3) is 11.3 Å². The number of β-amino-alcohol motifs (C(OH)–C–C–N with tert-alkyl or cyclic N) is 1. The summed E-state index contributed by atoms with van der Waals surface area (Å²) < 4.78 is 0. The molecule has 1 aliphatic heterocycles. The second kappa shape index (κ2) is 7.57. The van der Waals surface area contributed by atoms with Gasteiger partial charge in [0.15, 0.2) is 0 Å². The third kappa shape index (κ3) is 3.20. The van der Waals surface area contributed by atoms with Gasteiger partial charge in [0.05, 0.1) is 12.6 Å². The van der Waals surface area contributed by atoms with E-state index in [1.807, 2.05) is 50.4 Å². The van der Waals surface area contributed by atoms with Crippen LogP contribution in [-0.4, -0.2) is 50.6 Å². The Hall–Kier alpha value is -2.77. The first-order chi connectivity index (χ1) is 14.0. The van der Waals surface area contributed by atoms with E-state index in [2.05, 4.69) is 10.2 Å². The zero-order valence-corrected chi connectivity index (χ0v) is 17.4. The zero-order valence-electron chi connectivity index (χ0n) is 16.6. The Kier molecular flexibility index (Phi) is 5.10.